The standard InChI is InChI=1S/C39H24N6/c1-4-13-31-28(10-1)37-34(16-7-19-40-37)43(31)25-22-26(44-32-14-5-2-11-29(32)38-35(44)17-8-20-41-38)24-27(23-25)45-33-15-6-3-12-30(33)39-36(45)18-9-21-42-39/h1-24H. The highest BCUT2D eigenvalue weighted by molar-refractivity contribution is 6.09. The second kappa shape index (κ2) is 9.11. The van der Waals surface area contributed by atoms with Crippen LogP contribution in [0.4, 0.5) is 0 Å². The fourth-order valence-electron chi connectivity index (χ4n) is 7.15. The van der Waals surface area contributed by atoms with Crippen LogP contribution in [0.1, 0.15) is 0 Å². The van der Waals surface area contributed by atoms with Gasteiger partial charge in [-0.2, -0.15) is 0 Å². The van der Waals surface area contributed by atoms with E-state index in [-0.39, 0.29) is 0 Å². The van der Waals surface area contributed by atoms with Crippen molar-refractivity contribution in [3.8, 4) is 17.1 Å². The van der Waals surface area contributed by atoms with Crippen molar-refractivity contribution < 1.29 is 0 Å². The Bertz CT molecular complexity index is 2300. The summed E-state index contributed by atoms with van der Waals surface area (Å²) in [5.74, 6) is 0. The Labute approximate surface area is 257 Å². The lowest BCUT2D eigenvalue weighted by atomic mass is 10.2. The van der Waals surface area contributed by atoms with Gasteiger partial charge in [0.05, 0.1) is 66.7 Å². The first-order valence-corrected chi connectivity index (χ1v) is 15.0. The van der Waals surface area contributed by atoms with Crippen molar-refractivity contribution in [3.05, 3.63) is 146 Å². The molecule has 0 spiro atoms. The number of nitrogens with zero attached hydrogens (tertiary/aromatic N) is 6. The molecule has 10 aromatic rings. The summed E-state index contributed by atoms with van der Waals surface area (Å²) in [6, 6.07) is 44.9. The zero-order chi connectivity index (χ0) is 29.5. The fourth-order valence-corrected chi connectivity index (χ4v) is 7.15. The molecule has 6 heteroatoms. The van der Waals surface area contributed by atoms with Crippen LogP contribution >= 0.6 is 0 Å². The van der Waals surface area contributed by atoms with Crippen molar-refractivity contribution in [1.82, 2.24) is 28.7 Å². The molecule has 4 aromatic carbocycles. The second-order valence-corrected chi connectivity index (χ2v) is 11.4. The molecule has 0 saturated carbocycles. The summed E-state index contributed by atoms with van der Waals surface area (Å²) in [5, 5.41) is 3.38. The van der Waals surface area contributed by atoms with E-state index in [2.05, 4.69) is 123 Å². The van der Waals surface area contributed by atoms with Crippen molar-refractivity contribution in [3.63, 3.8) is 0 Å². The molecule has 0 atom stereocenters. The molecule has 0 radical (unpaired) electrons. The smallest absolute Gasteiger partial charge is 0.0963 e. The SMILES string of the molecule is c1ccc2c(c1)c1ncccc1n2-c1cc(-n2c3ccccc3c3ncccc32)cc(-n2c3ccccc3c3ncccc32)c1. The molecule has 45 heavy (non-hydrogen) atoms. The minimum Gasteiger partial charge on any atom is -0.307 e. The molecule has 0 saturated heterocycles. The number of hydrogen-bond donors (Lipinski definition) is 0. The van der Waals surface area contributed by atoms with Crippen LogP contribution in [0.25, 0.3) is 82.9 Å². The Morgan fingerprint density at radius 3 is 0.933 bits per heavy atom. The number of para-hydroxylation sites is 3. The van der Waals surface area contributed by atoms with Gasteiger partial charge in [-0.3, -0.25) is 15.0 Å². The number of pyridine rings is 3. The maximum atomic E-state index is 4.82. The summed E-state index contributed by atoms with van der Waals surface area (Å²) in [4.78, 5) is 14.4. The van der Waals surface area contributed by atoms with Crippen LogP contribution in [-0.4, -0.2) is 28.7 Å². The Balaban J connectivity index is 1.38. The molecule has 6 aromatic heterocycles. The van der Waals surface area contributed by atoms with Crippen molar-refractivity contribution in [2.75, 3.05) is 0 Å². The minimum atomic E-state index is 0.988. The Morgan fingerprint density at radius 1 is 0.311 bits per heavy atom. The molecule has 6 heterocycles. The van der Waals surface area contributed by atoms with Crippen LogP contribution in [0.5, 0.6) is 0 Å². The van der Waals surface area contributed by atoms with E-state index in [0.717, 1.165) is 82.9 Å². The fraction of sp³-hybridized carbons (Fsp3) is 0. The van der Waals surface area contributed by atoms with Crippen molar-refractivity contribution in [2.24, 2.45) is 0 Å². The van der Waals surface area contributed by atoms with Gasteiger partial charge in [-0.25, -0.2) is 0 Å². The van der Waals surface area contributed by atoms with Crippen molar-refractivity contribution in [2.45, 2.75) is 0 Å². The van der Waals surface area contributed by atoms with Crippen LogP contribution in [0.2, 0.25) is 0 Å². The molecule has 0 unspecified atom stereocenters. The van der Waals surface area contributed by atoms with Crippen LogP contribution in [-0.2, 0) is 0 Å². The molecule has 0 aliphatic rings. The highest BCUT2D eigenvalue weighted by Crippen LogP contribution is 2.37. The van der Waals surface area contributed by atoms with Gasteiger partial charge in [-0.05, 0) is 72.8 Å². The predicted molar refractivity (Wildman–Crippen MR) is 183 cm³/mol. The molecular formula is C39H24N6. The lowest BCUT2D eigenvalue weighted by Gasteiger charge is -2.17. The van der Waals surface area contributed by atoms with Gasteiger partial charge in [-0.1, -0.05) is 54.6 Å². The van der Waals surface area contributed by atoms with Gasteiger partial charge < -0.3 is 13.7 Å². The van der Waals surface area contributed by atoms with Gasteiger partial charge in [0.15, 0.2) is 0 Å². The van der Waals surface area contributed by atoms with E-state index in [1.54, 1.807) is 0 Å². The zero-order valence-electron chi connectivity index (χ0n) is 24.0. The van der Waals surface area contributed by atoms with E-state index >= 15 is 0 Å². The Morgan fingerprint density at radius 2 is 0.600 bits per heavy atom. The average Bonchev–Trinajstić information content (AvgIpc) is 3.74. The van der Waals surface area contributed by atoms with E-state index in [4.69, 9.17) is 15.0 Å². The van der Waals surface area contributed by atoms with Gasteiger partial charge in [0, 0.05) is 34.7 Å². The molecule has 0 amide bonds. The first kappa shape index (κ1) is 24.2. The number of fused-ring (bicyclic) bond motifs is 9. The van der Waals surface area contributed by atoms with E-state index in [0.29, 0.717) is 0 Å². The van der Waals surface area contributed by atoms with Gasteiger partial charge in [0.2, 0.25) is 0 Å². The summed E-state index contributed by atoms with van der Waals surface area (Å²) >= 11 is 0. The summed E-state index contributed by atoms with van der Waals surface area (Å²) < 4.78 is 7.01. The largest absolute Gasteiger partial charge is 0.307 e. The summed E-state index contributed by atoms with van der Waals surface area (Å²) in [6.45, 7) is 0. The van der Waals surface area contributed by atoms with E-state index in [9.17, 15) is 0 Å². The Hall–Kier alpha value is -6.27. The van der Waals surface area contributed by atoms with Crippen molar-refractivity contribution in [1.29, 1.82) is 0 Å². The van der Waals surface area contributed by atoms with Crippen LogP contribution in [0.15, 0.2) is 146 Å². The first-order chi connectivity index (χ1) is 22.3. The van der Waals surface area contributed by atoms with E-state index < -0.39 is 0 Å². The molecular weight excluding hydrogens is 552 g/mol. The highest BCUT2D eigenvalue weighted by Gasteiger charge is 2.20. The third kappa shape index (κ3) is 3.36. The molecule has 0 N–H and O–H groups in total. The average molecular weight is 577 g/mol. The maximum absolute atomic E-state index is 4.82. The van der Waals surface area contributed by atoms with Gasteiger partial charge in [-0.15, -0.1) is 0 Å². The third-order valence-electron chi connectivity index (χ3n) is 8.94. The van der Waals surface area contributed by atoms with E-state index in [1.165, 1.54) is 0 Å². The van der Waals surface area contributed by atoms with Crippen LogP contribution in [0, 0.1) is 0 Å². The third-order valence-corrected chi connectivity index (χ3v) is 8.94. The lowest BCUT2D eigenvalue weighted by Crippen LogP contribution is -2.03. The van der Waals surface area contributed by atoms with Crippen LogP contribution in [0.3, 0.4) is 0 Å². The molecule has 0 aliphatic heterocycles. The molecule has 0 aliphatic carbocycles. The summed E-state index contributed by atoms with van der Waals surface area (Å²) in [6.07, 6.45) is 5.62. The lowest BCUT2D eigenvalue weighted by molar-refractivity contribution is 1.09. The summed E-state index contributed by atoms with van der Waals surface area (Å²) in [5.41, 5.74) is 12.6. The van der Waals surface area contributed by atoms with E-state index in [1.807, 2.05) is 36.8 Å². The first-order valence-electron chi connectivity index (χ1n) is 15.0. The maximum Gasteiger partial charge on any atom is 0.0963 e. The topological polar surface area (TPSA) is 53.5 Å². The van der Waals surface area contributed by atoms with Crippen LogP contribution < -0.4 is 0 Å². The molecule has 10 rings (SSSR count). The zero-order valence-corrected chi connectivity index (χ0v) is 24.0. The number of hydrogen-bond acceptors (Lipinski definition) is 3. The van der Waals surface area contributed by atoms with Gasteiger partial charge in [0.1, 0.15) is 0 Å². The quantitative estimate of drug-likeness (QED) is 0.211. The second-order valence-electron chi connectivity index (χ2n) is 11.4. The highest BCUT2D eigenvalue weighted by atomic mass is 15.1. The Kier molecular flexibility index (Phi) is 4.90. The monoisotopic (exact) mass is 576 g/mol. The molecule has 210 valence electrons. The number of benzene rings is 4. The molecule has 0 bridgehead atoms. The minimum absolute atomic E-state index is 0.988. The number of rotatable bonds is 3. The normalized spacial score (nSPS) is 12.0. The van der Waals surface area contributed by atoms with Crippen molar-refractivity contribution >= 4 is 65.8 Å². The number of aromatic nitrogens is 6. The summed E-state index contributed by atoms with van der Waals surface area (Å²) in [7, 11) is 0. The predicted octanol–water partition coefficient (Wildman–Crippen LogP) is 9.16. The van der Waals surface area contributed by atoms with Gasteiger partial charge >= 0.3 is 0 Å². The molecule has 0 fully saturated rings. The van der Waals surface area contributed by atoms with Gasteiger partial charge in [0.25, 0.3) is 0 Å². The molecule has 6 nitrogen and oxygen atoms in total.